The fourth-order valence-electron chi connectivity index (χ4n) is 2.52. The van der Waals surface area contributed by atoms with Crippen LogP contribution in [-0.2, 0) is 17.4 Å². The molecule has 1 aromatic heterocycles. The molecule has 0 bridgehead atoms. The summed E-state index contributed by atoms with van der Waals surface area (Å²) >= 11 is 0. The van der Waals surface area contributed by atoms with Crippen molar-refractivity contribution in [1.29, 1.82) is 5.41 Å². The molecule has 3 rings (SSSR count). The zero-order valence-electron chi connectivity index (χ0n) is 14.4. The molecule has 1 unspecified atom stereocenters. The average molecular weight is 370 g/mol. The van der Waals surface area contributed by atoms with E-state index in [-0.39, 0.29) is 0 Å². The fraction of sp³-hybridized carbons (Fsp3) is 0.158. The third-order valence-corrected chi connectivity index (χ3v) is 4.81. The van der Waals surface area contributed by atoms with Crippen molar-refractivity contribution in [2.75, 3.05) is 14.2 Å². The van der Waals surface area contributed by atoms with Crippen LogP contribution in [-0.4, -0.2) is 29.0 Å². The molecular formula is C19H18N2O4S. The first-order valence-electron chi connectivity index (χ1n) is 7.80. The van der Waals surface area contributed by atoms with Gasteiger partial charge in [0.2, 0.25) is 0 Å². The Labute approximate surface area is 153 Å². The maximum absolute atomic E-state index is 11.6. The molecule has 1 heterocycles. The summed E-state index contributed by atoms with van der Waals surface area (Å²) < 4.78 is 28.2. The number of rotatable bonds is 7. The van der Waals surface area contributed by atoms with Gasteiger partial charge in [0, 0.05) is 22.5 Å². The summed E-state index contributed by atoms with van der Waals surface area (Å²) in [6, 6.07) is 12.6. The lowest BCUT2D eigenvalue weighted by atomic mass is 10.1. The van der Waals surface area contributed by atoms with E-state index in [1.165, 1.54) is 0 Å². The molecule has 0 aliphatic heterocycles. The summed E-state index contributed by atoms with van der Waals surface area (Å²) in [4.78, 5) is 4.94. The van der Waals surface area contributed by atoms with Crippen molar-refractivity contribution in [3.63, 3.8) is 0 Å². The number of hydrogen-bond donors (Lipinski definition) is 1. The Morgan fingerprint density at radius 3 is 2.38 bits per heavy atom. The van der Waals surface area contributed by atoms with Crippen LogP contribution in [0.15, 0.2) is 53.6 Å². The van der Waals surface area contributed by atoms with E-state index in [2.05, 4.69) is 4.98 Å². The lowest BCUT2D eigenvalue weighted by Crippen LogP contribution is -1.98. The van der Waals surface area contributed by atoms with Gasteiger partial charge in [0.15, 0.2) is 11.5 Å². The Bertz CT molecular complexity index is 958. The molecule has 0 aliphatic carbocycles. The second-order valence-corrected chi connectivity index (χ2v) is 6.68. The zero-order chi connectivity index (χ0) is 18.5. The molecule has 0 spiro atoms. The van der Waals surface area contributed by atoms with Crippen molar-refractivity contribution in [1.82, 2.24) is 4.98 Å². The lowest BCUT2D eigenvalue weighted by molar-refractivity contribution is 0.309. The first kappa shape index (κ1) is 17.9. The van der Waals surface area contributed by atoms with Crippen molar-refractivity contribution >= 4 is 27.2 Å². The second kappa shape index (κ2) is 7.97. The molecule has 0 saturated heterocycles. The van der Waals surface area contributed by atoms with E-state index in [0.29, 0.717) is 28.8 Å². The number of fused-ring (bicyclic) bond motifs is 1. The highest BCUT2D eigenvalue weighted by Gasteiger charge is 2.11. The van der Waals surface area contributed by atoms with Gasteiger partial charge in [0.05, 0.1) is 36.1 Å². The van der Waals surface area contributed by atoms with Crippen LogP contribution in [0.3, 0.4) is 0 Å². The molecule has 3 aromatic rings. The van der Waals surface area contributed by atoms with Crippen LogP contribution < -0.4 is 14.2 Å². The summed E-state index contributed by atoms with van der Waals surface area (Å²) in [5.41, 5.74) is 2.59. The maximum Gasteiger partial charge on any atom is 0.162 e. The number of pyridine rings is 1. The van der Waals surface area contributed by atoms with Gasteiger partial charge in [-0.3, -0.25) is 10.4 Å². The number of nitrogens with one attached hydrogen (secondary N) is 1. The lowest BCUT2D eigenvalue weighted by Gasteiger charge is -2.12. The highest BCUT2D eigenvalue weighted by Crippen LogP contribution is 2.35. The molecule has 0 amide bonds. The monoisotopic (exact) mass is 370 g/mol. The van der Waals surface area contributed by atoms with Crippen LogP contribution in [0.5, 0.6) is 17.2 Å². The van der Waals surface area contributed by atoms with E-state index in [0.717, 1.165) is 22.0 Å². The van der Waals surface area contributed by atoms with Gasteiger partial charge in [-0.2, -0.15) is 0 Å². The molecule has 1 atom stereocenters. The van der Waals surface area contributed by atoms with Crippen LogP contribution in [0.2, 0.25) is 0 Å². The highest BCUT2D eigenvalue weighted by atomic mass is 32.2. The SMILES string of the molecule is COc1cc2nccc(OCc3ccc(S(=O)C=N)cc3)c2cc1OC. The minimum Gasteiger partial charge on any atom is -0.493 e. The molecule has 26 heavy (non-hydrogen) atoms. The number of aromatic nitrogens is 1. The van der Waals surface area contributed by atoms with Crippen molar-refractivity contribution in [2.45, 2.75) is 11.5 Å². The van der Waals surface area contributed by atoms with Gasteiger partial charge in [0.1, 0.15) is 12.4 Å². The topological polar surface area (TPSA) is 81.5 Å². The van der Waals surface area contributed by atoms with E-state index < -0.39 is 10.8 Å². The standard InChI is InChI=1S/C19H18N2O4S/c1-23-18-9-15-16(10-19(18)24-2)21-8-7-17(15)25-11-13-3-5-14(6-4-13)26(22)12-20/h3-10,12,20H,11H2,1-2H3. The minimum atomic E-state index is -1.40. The predicted octanol–water partition coefficient (Wildman–Crippen LogP) is 3.55. The largest absolute Gasteiger partial charge is 0.493 e. The molecule has 2 aromatic carbocycles. The first-order chi connectivity index (χ1) is 12.7. The third-order valence-electron chi connectivity index (χ3n) is 3.86. The van der Waals surface area contributed by atoms with Gasteiger partial charge in [-0.25, -0.2) is 4.21 Å². The van der Waals surface area contributed by atoms with Crippen molar-refractivity contribution in [3.05, 3.63) is 54.2 Å². The second-order valence-electron chi connectivity index (χ2n) is 5.38. The van der Waals surface area contributed by atoms with Crippen molar-refractivity contribution in [3.8, 4) is 17.2 Å². The van der Waals surface area contributed by atoms with Crippen LogP contribution >= 0.6 is 0 Å². The van der Waals surface area contributed by atoms with E-state index in [9.17, 15) is 4.21 Å². The van der Waals surface area contributed by atoms with Gasteiger partial charge in [-0.15, -0.1) is 0 Å². The Morgan fingerprint density at radius 1 is 1.04 bits per heavy atom. The highest BCUT2D eigenvalue weighted by molar-refractivity contribution is 7.98. The van der Waals surface area contributed by atoms with Crippen LogP contribution in [0, 0.1) is 5.41 Å². The maximum atomic E-state index is 11.6. The molecule has 0 aliphatic rings. The van der Waals surface area contributed by atoms with Crippen LogP contribution in [0.25, 0.3) is 10.9 Å². The molecule has 6 nitrogen and oxygen atoms in total. The van der Waals surface area contributed by atoms with E-state index in [1.54, 1.807) is 38.6 Å². The quantitative estimate of drug-likeness (QED) is 0.508. The fourth-order valence-corrected chi connectivity index (χ4v) is 3.06. The van der Waals surface area contributed by atoms with Gasteiger partial charge in [0.25, 0.3) is 0 Å². The van der Waals surface area contributed by atoms with Crippen molar-refractivity contribution in [2.24, 2.45) is 0 Å². The summed E-state index contributed by atoms with van der Waals surface area (Å²) in [7, 11) is 1.77. The predicted molar refractivity (Wildman–Crippen MR) is 101 cm³/mol. The van der Waals surface area contributed by atoms with Crippen molar-refractivity contribution < 1.29 is 18.4 Å². The molecule has 0 saturated carbocycles. The summed E-state index contributed by atoms with van der Waals surface area (Å²) in [6.45, 7) is 0.352. The molecule has 1 N–H and O–H groups in total. The first-order valence-corrected chi connectivity index (χ1v) is 9.01. The minimum absolute atomic E-state index is 0.352. The van der Waals surface area contributed by atoms with Crippen LogP contribution in [0.1, 0.15) is 5.56 Å². The number of ether oxygens (including phenoxy) is 3. The van der Waals surface area contributed by atoms with Gasteiger partial charge in [-0.05, 0) is 29.8 Å². The third kappa shape index (κ3) is 3.67. The Morgan fingerprint density at radius 2 is 1.73 bits per heavy atom. The molecule has 7 heteroatoms. The van der Waals surface area contributed by atoms with Crippen LogP contribution in [0.4, 0.5) is 0 Å². The molecular weight excluding hydrogens is 352 g/mol. The normalized spacial score (nSPS) is 11.8. The van der Waals surface area contributed by atoms with E-state index >= 15 is 0 Å². The summed E-state index contributed by atoms with van der Waals surface area (Å²) in [6.07, 6.45) is 1.68. The van der Waals surface area contributed by atoms with Gasteiger partial charge < -0.3 is 14.2 Å². The number of methoxy groups -OCH3 is 2. The summed E-state index contributed by atoms with van der Waals surface area (Å²) in [5.74, 6) is 1.90. The smallest absolute Gasteiger partial charge is 0.162 e. The Balaban J connectivity index is 1.84. The summed E-state index contributed by atoms with van der Waals surface area (Å²) in [5, 5.41) is 7.88. The van der Waals surface area contributed by atoms with E-state index in [1.807, 2.05) is 24.3 Å². The number of hydrogen-bond acceptors (Lipinski definition) is 6. The molecule has 134 valence electrons. The average Bonchev–Trinajstić information content (AvgIpc) is 2.70. The molecule has 0 fully saturated rings. The van der Waals surface area contributed by atoms with Gasteiger partial charge in [-0.1, -0.05) is 12.1 Å². The van der Waals surface area contributed by atoms with Gasteiger partial charge >= 0.3 is 0 Å². The Hall–Kier alpha value is -2.93. The number of nitrogens with zero attached hydrogens (tertiary/aromatic N) is 1. The Kier molecular flexibility index (Phi) is 5.48. The van der Waals surface area contributed by atoms with E-state index in [4.69, 9.17) is 19.6 Å². The number of benzene rings is 2. The molecule has 0 radical (unpaired) electrons. The zero-order valence-corrected chi connectivity index (χ0v) is 15.2.